The van der Waals surface area contributed by atoms with Crippen molar-refractivity contribution in [3.05, 3.63) is 59.7 Å². The van der Waals surface area contributed by atoms with Gasteiger partial charge >= 0.3 is 0 Å². The summed E-state index contributed by atoms with van der Waals surface area (Å²) in [6, 6.07) is 15.6. The lowest BCUT2D eigenvalue weighted by molar-refractivity contribution is -0.133. The van der Waals surface area contributed by atoms with E-state index in [4.69, 9.17) is 4.74 Å². The molecule has 2 aromatic rings. The van der Waals surface area contributed by atoms with Gasteiger partial charge in [0.05, 0.1) is 13.2 Å². The van der Waals surface area contributed by atoms with E-state index in [1.165, 1.54) is 0 Å². The van der Waals surface area contributed by atoms with Gasteiger partial charge in [0.15, 0.2) is 0 Å². The van der Waals surface area contributed by atoms with Crippen molar-refractivity contribution in [3.8, 4) is 5.75 Å². The number of nitrogens with one attached hydrogen (secondary N) is 1. The average Bonchev–Trinajstić information content (AvgIpc) is 2.75. The summed E-state index contributed by atoms with van der Waals surface area (Å²) < 4.78 is 5.65. The number of aryl methyl sites for hydroxylation is 1. The molecular weight excluding hydrogens is 378 g/mol. The van der Waals surface area contributed by atoms with Gasteiger partial charge in [-0.15, -0.1) is 0 Å². The molecule has 0 unspecified atom stereocenters. The zero-order valence-corrected chi connectivity index (χ0v) is 17.9. The fourth-order valence-corrected chi connectivity index (χ4v) is 3.52. The molecule has 0 radical (unpaired) electrons. The summed E-state index contributed by atoms with van der Waals surface area (Å²) in [5, 5.41) is 3.01. The first-order valence-electron chi connectivity index (χ1n) is 10.6. The third-order valence-corrected chi connectivity index (χ3v) is 5.52. The summed E-state index contributed by atoms with van der Waals surface area (Å²) in [6.45, 7) is 7.69. The molecule has 2 amide bonds. The molecule has 0 aromatic heterocycles. The Labute approximate surface area is 178 Å². The van der Waals surface area contributed by atoms with E-state index in [1.807, 2.05) is 67.3 Å². The zero-order valence-electron chi connectivity index (χ0n) is 17.9. The van der Waals surface area contributed by atoms with Crippen LogP contribution in [0.5, 0.6) is 5.75 Å². The fraction of sp³-hybridized carbons (Fsp3) is 0.417. The first kappa shape index (κ1) is 21.8. The number of hydrogen-bond donors (Lipinski definition) is 1. The monoisotopic (exact) mass is 409 g/mol. The molecule has 0 atom stereocenters. The molecule has 6 nitrogen and oxygen atoms in total. The maximum atomic E-state index is 12.4. The molecule has 3 rings (SSSR count). The number of nitrogens with zero attached hydrogens (tertiary/aromatic N) is 2. The van der Waals surface area contributed by atoms with E-state index in [2.05, 4.69) is 10.2 Å². The Bertz CT molecular complexity index is 846. The van der Waals surface area contributed by atoms with Crippen LogP contribution in [0.3, 0.4) is 0 Å². The van der Waals surface area contributed by atoms with Gasteiger partial charge in [-0.2, -0.15) is 0 Å². The van der Waals surface area contributed by atoms with E-state index < -0.39 is 0 Å². The van der Waals surface area contributed by atoms with Crippen LogP contribution >= 0.6 is 0 Å². The molecule has 1 heterocycles. The largest absolute Gasteiger partial charge is 0.494 e. The van der Waals surface area contributed by atoms with Gasteiger partial charge in [-0.1, -0.05) is 30.3 Å². The molecule has 0 spiro atoms. The first-order chi connectivity index (χ1) is 14.5. The van der Waals surface area contributed by atoms with Crippen molar-refractivity contribution >= 4 is 17.5 Å². The van der Waals surface area contributed by atoms with Crippen LogP contribution in [0.25, 0.3) is 0 Å². The smallest absolute Gasteiger partial charge is 0.238 e. The zero-order chi connectivity index (χ0) is 21.3. The maximum absolute atomic E-state index is 12.4. The van der Waals surface area contributed by atoms with E-state index in [1.54, 1.807) is 0 Å². The van der Waals surface area contributed by atoms with Crippen LogP contribution in [-0.2, 0) is 9.59 Å². The third-order valence-electron chi connectivity index (χ3n) is 5.52. The Morgan fingerprint density at radius 2 is 1.70 bits per heavy atom. The number of rotatable bonds is 8. The molecule has 0 saturated carbocycles. The number of benzene rings is 2. The predicted octanol–water partition coefficient (Wildman–Crippen LogP) is 3.25. The van der Waals surface area contributed by atoms with Crippen molar-refractivity contribution in [2.45, 2.75) is 26.7 Å². The first-order valence-corrected chi connectivity index (χ1v) is 10.6. The van der Waals surface area contributed by atoms with Gasteiger partial charge < -0.3 is 15.0 Å². The number of piperazine rings is 1. The second-order valence-corrected chi connectivity index (χ2v) is 7.72. The van der Waals surface area contributed by atoms with Crippen LogP contribution in [0, 0.1) is 13.8 Å². The molecule has 0 bridgehead atoms. The van der Waals surface area contributed by atoms with Crippen LogP contribution < -0.4 is 10.1 Å². The second kappa shape index (κ2) is 10.8. The summed E-state index contributed by atoms with van der Waals surface area (Å²) >= 11 is 0. The SMILES string of the molecule is Cc1cccc(NC(=O)CN2CCN(C(=O)CCCOc3ccccc3)CC2)c1C. The Morgan fingerprint density at radius 3 is 2.43 bits per heavy atom. The topological polar surface area (TPSA) is 61.9 Å². The number of hydrogen-bond acceptors (Lipinski definition) is 4. The van der Waals surface area contributed by atoms with Crippen LogP contribution in [0.2, 0.25) is 0 Å². The van der Waals surface area contributed by atoms with E-state index in [0.717, 1.165) is 22.6 Å². The molecule has 2 aromatic carbocycles. The van der Waals surface area contributed by atoms with Crippen molar-refractivity contribution in [1.82, 2.24) is 9.80 Å². The lowest BCUT2D eigenvalue weighted by atomic mass is 10.1. The van der Waals surface area contributed by atoms with Gasteiger partial charge in [0.25, 0.3) is 0 Å². The standard InChI is InChI=1S/C24H31N3O3/c1-19-8-6-11-22(20(19)2)25-23(28)18-26-13-15-27(16-14-26)24(29)12-7-17-30-21-9-4-3-5-10-21/h3-6,8-11H,7,12-18H2,1-2H3,(H,25,28). The van der Waals surface area contributed by atoms with Crippen LogP contribution in [-0.4, -0.2) is 60.9 Å². The quantitative estimate of drug-likeness (QED) is 0.680. The minimum atomic E-state index is -0.0125. The molecule has 1 fully saturated rings. The Morgan fingerprint density at radius 1 is 0.967 bits per heavy atom. The second-order valence-electron chi connectivity index (χ2n) is 7.72. The maximum Gasteiger partial charge on any atom is 0.238 e. The highest BCUT2D eigenvalue weighted by atomic mass is 16.5. The summed E-state index contributed by atoms with van der Waals surface area (Å²) in [5.41, 5.74) is 3.12. The molecule has 160 valence electrons. The minimum Gasteiger partial charge on any atom is -0.494 e. The van der Waals surface area contributed by atoms with Crippen LogP contribution in [0.15, 0.2) is 48.5 Å². The van der Waals surface area contributed by atoms with Gasteiger partial charge in [0.2, 0.25) is 11.8 Å². The number of ether oxygens (including phenoxy) is 1. The molecule has 30 heavy (non-hydrogen) atoms. The fourth-order valence-electron chi connectivity index (χ4n) is 3.52. The molecule has 1 N–H and O–H groups in total. The van der Waals surface area contributed by atoms with E-state index in [9.17, 15) is 9.59 Å². The highest BCUT2D eigenvalue weighted by molar-refractivity contribution is 5.93. The summed E-state index contributed by atoms with van der Waals surface area (Å²) in [5.74, 6) is 0.977. The lowest BCUT2D eigenvalue weighted by Gasteiger charge is -2.34. The van der Waals surface area contributed by atoms with Crippen molar-refractivity contribution in [2.24, 2.45) is 0 Å². The molecule has 1 aliphatic rings. The van der Waals surface area contributed by atoms with Gasteiger partial charge in [-0.3, -0.25) is 14.5 Å². The van der Waals surface area contributed by atoms with Gasteiger partial charge in [-0.25, -0.2) is 0 Å². The predicted molar refractivity (Wildman–Crippen MR) is 119 cm³/mol. The highest BCUT2D eigenvalue weighted by Crippen LogP contribution is 2.18. The van der Waals surface area contributed by atoms with Gasteiger partial charge in [-0.05, 0) is 49.6 Å². The van der Waals surface area contributed by atoms with E-state index in [-0.39, 0.29) is 11.8 Å². The molecular formula is C24H31N3O3. The molecule has 1 aliphatic heterocycles. The van der Waals surface area contributed by atoms with Crippen molar-refractivity contribution in [2.75, 3.05) is 44.6 Å². The normalized spacial score (nSPS) is 14.4. The van der Waals surface area contributed by atoms with E-state index in [0.29, 0.717) is 52.2 Å². The highest BCUT2D eigenvalue weighted by Gasteiger charge is 2.22. The summed E-state index contributed by atoms with van der Waals surface area (Å²) in [7, 11) is 0. The minimum absolute atomic E-state index is 0.0125. The lowest BCUT2D eigenvalue weighted by Crippen LogP contribution is -2.50. The average molecular weight is 410 g/mol. The third kappa shape index (κ3) is 6.32. The Hall–Kier alpha value is -2.86. The van der Waals surface area contributed by atoms with Crippen molar-refractivity contribution in [1.29, 1.82) is 0 Å². The number of anilines is 1. The summed E-state index contributed by atoms with van der Waals surface area (Å²) in [6.07, 6.45) is 1.19. The van der Waals surface area contributed by atoms with Gasteiger partial charge in [0, 0.05) is 38.3 Å². The number of para-hydroxylation sites is 1. The Balaban J connectivity index is 1.34. The molecule has 0 aliphatic carbocycles. The van der Waals surface area contributed by atoms with Crippen molar-refractivity contribution < 1.29 is 14.3 Å². The van der Waals surface area contributed by atoms with Crippen molar-refractivity contribution in [3.63, 3.8) is 0 Å². The van der Waals surface area contributed by atoms with Gasteiger partial charge in [0.1, 0.15) is 5.75 Å². The number of carbonyl (C=O) groups excluding carboxylic acids is 2. The molecule has 6 heteroatoms. The summed E-state index contributed by atoms with van der Waals surface area (Å²) in [4.78, 5) is 28.8. The Kier molecular flexibility index (Phi) is 7.85. The van der Waals surface area contributed by atoms with E-state index >= 15 is 0 Å². The number of amides is 2. The van der Waals surface area contributed by atoms with Crippen LogP contribution in [0.1, 0.15) is 24.0 Å². The van der Waals surface area contributed by atoms with Crippen LogP contribution in [0.4, 0.5) is 5.69 Å². The number of carbonyl (C=O) groups is 2. The molecule has 1 saturated heterocycles.